The van der Waals surface area contributed by atoms with Crippen LogP contribution in [0.25, 0.3) is 22.2 Å². The fraction of sp³-hybridized carbons (Fsp3) is 0.222. The molecule has 1 aliphatic rings. The van der Waals surface area contributed by atoms with Gasteiger partial charge < -0.3 is 19.0 Å². The first kappa shape index (κ1) is 22.9. The van der Waals surface area contributed by atoms with Crippen LogP contribution in [0.15, 0.2) is 71.3 Å². The zero-order valence-electron chi connectivity index (χ0n) is 19.2. The summed E-state index contributed by atoms with van der Waals surface area (Å²) >= 11 is 6.17. The van der Waals surface area contributed by atoms with E-state index in [-0.39, 0.29) is 11.8 Å². The number of fused-ring (bicyclic) bond motifs is 1. The lowest BCUT2D eigenvalue weighted by molar-refractivity contribution is 0.0518. The maximum Gasteiger partial charge on any atom is 0.289 e. The second kappa shape index (κ2) is 9.80. The molecule has 0 unspecified atom stereocenters. The Labute approximate surface area is 207 Å². The molecular weight excluding hydrogens is 466 g/mol. The van der Waals surface area contributed by atoms with Crippen LogP contribution >= 0.6 is 11.6 Å². The predicted molar refractivity (Wildman–Crippen MR) is 134 cm³/mol. The molecule has 1 saturated heterocycles. The van der Waals surface area contributed by atoms with Crippen molar-refractivity contribution in [3.63, 3.8) is 0 Å². The van der Waals surface area contributed by atoms with E-state index >= 15 is 0 Å². The van der Waals surface area contributed by atoms with Gasteiger partial charge in [-0.3, -0.25) is 9.59 Å². The van der Waals surface area contributed by atoms with Gasteiger partial charge in [0.15, 0.2) is 5.76 Å². The topological polar surface area (TPSA) is 75.9 Å². The Hall–Kier alpha value is -3.84. The number of halogens is 1. The Morgan fingerprint density at radius 2 is 1.74 bits per heavy atom. The predicted octanol–water partition coefficient (Wildman–Crippen LogP) is 5.15. The van der Waals surface area contributed by atoms with Gasteiger partial charge in [0.1, 0.15) is 5.75 Å². The van der Waals surface area contributed by atoms with Crippen molar-refractivity contribution in [1.82, 2.24) is 14.8 Å². The number of furan rings is 1. The van der Waals surface area contributed by atoms with Crippen LogP contribution in [-0.2, 0) is 0 Å². The zero-order chi connectivity index (χ0) is 24.4. The van der Waals surface area contributed by atoms with Crippen LogP contribution in [0.2, 0.25) is 5.02 Å². The minimum atomic E-state index is -0.157. The minimum absolute atomic E-state index is 0.0848. The van der Waals surface area contributed by atoms with E-state index in [1.807, 2.05) is 49.4 Å². The standard InChI is InChI=1S/C27H24ClN3O4/c1-2-34-25-17-23(18-5-3-6-20(28)15-18)29-22-9-8-19(16-21(22)25)26(32)30-10-12-31(13-11-30)27(33)24-7-4-14-35-24/h3-9,14-17H,2,10-13H2,1H3. The number of carbonyl (C=O) groups is 2. The van der Waals surface area contributed by atoms with Gasteiger partial charge in [-0.25, -0.2) is 4.98 Å². The highest BCUT2D eigenvalue weighted by Crippen LogP contribution is 2.32. The first-order valence-electron chi connectivity index (χ1n) is 11.5. The quantitative estimate of drug-likeness (QED) is 0.387. The van der Waals surface area contributed by atoms with Crippen molar-refractivity contribution < 1.29 is 18.7 Å². The van der Waals surface area contributed by atoms with Gasteiger partial charge in [0.05, 0.1) is 24.1 Å². The highest BCUT2D eigenvalue weighted by molar-refractivity contribution is 6.30. The smallest absolute Gasteiger partial charge is 0.289 e. The van der Waals surface area contributed by atoms with Crippen molar-refractivity contribution in [3.8, 4) is 17.0 Å². The van der Waals surface area contributed by atoms with Gasteiger partial charge in [-0.05, 0) is 49.4 Å². The summed E-state index contributed by atoms with van der Waals surface area (Å²) in [5.74, 6) is 0.734. The molecule has 0 aliphatic carbocycles. The number of ether oxygens (including phenoxy) is 1. The van der Waals surface area contributed by atoms with Crippen LogP contribution in [-0.4, -0.2) is 59.4 Å². The highest BCUT2D eigenvalue weighted by Gasteiger charge is 2.27. The molecule has 3 heterocycles. The Balaban J connectivity index is 1.38. The molecule has 8 heteroatoms. The fourth-order valence-corrected chi connectivity index (χ4v) is 4.44. The highest BCUT2D eigenvalue weighted by atomic mass is 35.5. The third kappa shape index (κ3) is 4.72. The third-order valence-electron chi connectivity index (χ3n) is 6.02. The molecule has 0 saturated carbocycles. The number of carbonyl (C=O) groups excluding carboxylic acids is 2. The van der Waals surface area contributed by atoms with Crippen molar-refractivity contribution in [3.05, 3.63) is 83.3 Å². The summed E-state index contributed by atoms with van der Waals surface area (Å²) in [5.41, 5.74) is 2.93. The Morgan fingerprint density at radius 3 is 2.43 bits per heavy atom. The van der Waals surface area contributed by atoms with Gasteiger partial charge in [-0.2, -0.15) is 0 Å². The largest absolute Gasteiger partial charge is 0.493 e. The maximum atomic E-state index is 13.3. The molecule has 35 heavy (non-hydrogen) atoms. The van der Waals surface area contributed by atoms with E-state index in [1.165, 1.54) is 6.26 Å². The monoisotopic (exact) mass is 489 g/mol. The summed E-state index contributed by atoms with van der Waals surface area (Å²) in [7, 11) is 0. The third-order valence-corrected chi connectivity index (χ3v) is 6.26. The van der Waals surface area contributed by atoms with Crippen LogP contribution in [0.5, 0.6) is 5.75 Å². The molecular formula is C27H24ClN3O4. The van der Waals surface area contributed by atoms with E-state index in [4.69, 9.17) is 25.7 Å². The van der Waals surface area contributed by atoms with Gasteiger partial charge >= 0.3 is 0 Å². The Bertz CT molecular complexity index is 1380. The van der Waals surface area contributed by atoms with E-state index in [2.05, 4.69) is 0 Å². The second-order valence-electron chi connectivity index (χ2n) is 8.24. The lowest BCUT2D eigenvalue weighted by Crippen LogP contribution is -2.50. The second-order valence-corrected chi connectivity index (χ2v) is 8.68. The van der Waals surface area contributed by atoms with Crippen LogP contribution in [0.1, 0.15) is 27.8 Å². The summed E-state index contributed by atoms with van der Waals surface area (Å²) in [6.45, 7) is 4.21. The Kier molecular flexibility index (Phi) is 6.42. The molecule has 178 valence electrons. The van der Waals surface area contributed by atoms with Gasteiger partial charge in [-0.15, -0.1) is 0 Å². The molecule has 1 aliphatic heterocycles. The van der Waals surface area contributed by atoms with Crippen molar-refractivity contribution in [2.75, 3.05) is 32.8 Å². The molecule has 0 spiro atoms. The van der Waals surface area contributed by atoms with Crippen molar-refractivity contribution in [2.45, 2.75) is 6.92 Å². The van der Waals surface area contributed by atoms with Gasteiger partial charge in [0, 0.05) is 53.8 Å². The zero-order valence-corrected chi connectivity index (χ0v) is 20.0. The molecule has 4 aromatic rings. The molecule has 0 N–H and O–H groups in total. The number of aromatic nitrogens is 1. The van der Waals surface area contributed by atoms with Crippen LogP contribution < -0.4 is 4.74 Å². The summed E-state index contributed by atoms with van der Waals surface area (Å²) < 4.78 is 11.1. The molecule has 0 atom stereocenters. The van der Waals surface area contributed by atoms with Crippen molar-refractivity contribution in [1.29, 1.82) is 0 Å². The van der Waals surface area contributed by atoms with Crippen LogP contribution in [0.3, 0.4) is 0 Å². The number of piperazine rings is 1. The first-order chi connectivity index (χ1) is 17.0. The lowest BCUT2D eigenvalue weighted by atomic mass is 10.1. The van der Waals surface area contributed by atoms with E-state index in [0.29, 0.717) is 54.9 Å². The number of benzene rings is 2. The van der Waals surface area contributed by atoms with E-state index in [1.54, 1.807) is 28.0 Å². The molecule has 0 radical (unpaired) electrons. The minimum Gasteiger partial charge on any atom is -0.493 e. The lowest BCUT2D eigenvalue weighted by Gasteiger charge is -2.34. The SMILES string of the molecule is CCOc1cc(-c2cccc(Cl)c2)nc2ccc(C(=O)N3CCN(C(=O)c4ccco4)CC3)cc12. The van der Waals surface area contributed by atoms with Crippen LogP contribution in [0.4, 0.5) is 0 Å². The molecule has 2 aromatic carbocycles. The number of nitrogens with zero attached hydrogens (tertiary/aromatic N) is 3. The maximum absolute atomic E-state index is 13.3. The Morgan fingerprint density at radius 1 is 0.971 bits per heavy atom. The first-order valence-corrected chi connectivity index (χ1v) is 11.9. The molecule has 1 fully saturated rings. The van der Waals surface area contributed by atoms with Crippen molar-refractivity contribution in [2.24, 2.45) is 0 Å². The normalized spacial score (nSPS) is 13.8. The number of hydrogen-bond acceptors (Lipinski definition) is 5. The number of hydrogen-bond donors (Lipinski definition) is 0. The molecule has 5 rings (SSSR count). The van der Waals surface area contributed by atoms with E-state index in [0.717, 1.165) is 22.2 Å². The van der Waals surface area contributed by atoms with E-state index < -0.39 is 0 Å². The van der Waals surface area contributed by atoms with Crippen molar-refractivity contribution >= 4 is 34.3 Å². The molecule has 2 aromatic heterocycles. The number of pyridine rings is 1. The summed E-state index contributed by atoms with van der Waals surface area (Å²) in [6.07, 6.45) is 1.48. The van der Waals surface area contributed by atoms with Gasteiger partial charge in [0.2, 0.25) is 0 Å². The summed E-state index contributed by atoms with van der Waals surface area (Å²) in [5, 5.41) is 1.41. The van der Waals surface area contributed by atoms with Gasteiger partial charge in [0.25, 0.3) is 11.8 Å². The summed E-state index contributed by atoms with van der Waals surface area (Å²) in [4.78, 5) is 34.0. The molecule has 2 amide bonds. The number of amides is 2. The van der Waals surface area contributed by atoms with Crippen LogP contribution in [0, 0.1) is 0 Å². The summed E-state index contributed by atoms with van der Waals surface area (Å²) in [6, 6.07) is 18.2. The number of rotatable bonds is 5. The average molecular weight is 490 g/mol. The molecule has 0 bridgehead atoms. The fourth-order valence-electron chi connectivity index (χ4n) is 4.25. The van der Waals surface area contributed by atoms with E-state index in [9.17, 15) is 9.59 Å². The average Bonchev–Trinajstić information content (AvgIpc) is 3.43. The molecule has 7 nitrogen and oxygen atoms in total. The van der Waals surface area contributed by atoms with Gasteiger partial charge in [-0.1, -0.05) is 23.7 Å².